The number of benzene rings is 1. The summed E-state index contributed by atoms with van der Waals surface area (Å²) in [5, 5.41) is 0. The van der Waals surface area contributed by atoms with Crippen molar-refractivity contribution in [1.29, 1.82) is 0 Å². The normalized spacial score (nSPS) is 21.7. The van der Waals surface area contributed by atoms with Gasteiger partial charge in [-0.3, -0.25) is 4.79 Å². The Balaban J connectivity index is 2.39. The molecule has 1 fully saturated rings. The second-order valence-corrected chi connectivity index (χ2v) is 4.57. The molecule has 1 saturated carbocycles. The van der Waals surface area contributed by atoms with Gasteiger partial charge in [-0.05, 0) is 43.4 Å². The fraction of sp³-hybridized carbons (Fsp3) is 0.500. The number of ketones is 1. The van der Waals surface area contributed by atoms with Gasteiger partial charge >= 0.3 is 0 Å². The molecule has 15 heavy (non-hydrogen) atoms. The Bertz CT molecular complexity index is 359. The number of Topliss-reactive ketones (excluding diaryl/α,β-unsaturated/α-hetero) is 1. The summed E-state index contributed by atoms with van der Waals surface area (Å²) < 4.78 is 0. The maximum absolute atomic E-state index is 11.9. The fourth-order valence-electron chi connectivity index (χ4n) is 2.67. The Morgan fingerprint density at radius 1 is 1.13 bits per heavy atom. The van der Waals surface area contributed by atoms with E-state index >= 15 is 0 Å². The Kier molecular flexibility index (Phi) is 2.90. The molecule has 0 aromatic heterocycles. The first-order valence-corrected chi connectivity index (χ1v) is 5.79. The summed E-state index contributed by atoms with van der Waals surface area (Å²) in [4.78, 5) is 11.9. The predicted molar refractivity (Wildman–Crippen MR) is 62.1 cm³/mol. The molecule has 0 radical (unpaired) electrons. The molecule has 1 heteroatoms. The number of hydrogen-bond acceptors (Lipinski definition) is 1. The average Bonchev–Trinajstić information content (AvgIpc) is 2.20. The molecule has 0 saturated heterocycles. The molecular weight excluding hydrogens is 184 g/mol. The maximum Gasteiger partial charge on any atom is 0.140 e. The molecule has 0 heterocycles. The van der Waals surface area contributed by atoms with Crippen LogP contribution in [0.15, 0.2) is 18.2 Å². The second-order valence-electron chi connectivity index (χ2n) is 4.57. The highest BCUT2D eigenvalue weighted by molar-refractivity contribution is 5.87. The summed E-state index contributed by atoms with van der Waals surface area (Å²) in [5.74, 6) is 0.624. The van der Waals surface area contributed by atoms with Gasteiger partial charge in [-0.15, -0.1) is 0 Å². The van der Waals surface area contributed by atoms with Gasteiger partial charge in [0.2, 0.25) is 0 Å². The van der Waals surface area contributed by atoms with E-state index in [9.17, 15) is 4.79 Å². The molecule has 0 N–H and O–H groups in total. The van der Waals surface area contributed by atoms with Gasteiger partial charge in [0.05, 0.1) is 0 Å². The lowest BCUT2D eigenvalue weighted by atomic mass is 9.79. The molecule has 1 aliphatic carbocycles. The quantitative estimate of drug-likeness (QED) is 0.681. The van der Waals surface area contributed by atoms with Gasteiger partial charge in [0, 0.05) is 12.3 Å². The van der Waals surface area contributed by atoms with Crippen LogP contribution in [0.4, 0.5) is 0 Å². The lowest BCUT2D eigenvalue weighted by molar-refractivity contribution is -0.121. The van der Waals surface area contributed by atoms with E-state index in [1.807, 2.05) is 0 Å². The Morgan fingerprint density at radius 3 is 2.40 bits per heavy atom. The maximum atomic E-state index is 11.9. The summed E-state index contributed by atoms with van der Waals surface area (Å²) in [6.07, 6.45) is 4.10. The summed E-state index contributed by atoms with van der Waals surface area (Å²) in [6.45, 7) is 4.23. The first-order valence-electron chi connectivity index (χ1n) is 5.79. The zero-order chi connectivity index (χ0) is 10.8. The first-order chi connectivity index (χ1) is 7.20. The number of hydrogen-bond donors (Lipinski definition) is 0. The van der Waals surface area contributed by atoms with Crippen molar-refractivity contribution in [2.24, 2.45) is 0 Å². The molecule has 80 valence electrons. The van der Waals surface area contributed by atoms with Gasteiger partial charge < -0.3 is 0 Å². The zero-order valence-corrected chi connectivity index (χ0v) is 9.55. The van der Waals surface area contributed by atoms with E-state index in [0.29, 0.717) is 5.78 Å². The minimum Gasteiger partial charge on any atom is -0.299 e. The molecule has 0 amide bonds. The Morgan fingerprint density at radius 2 is 1.80 bits per heavy atom. The van der Waals surface area contributed by atoms with E-state index in [1.54, 1.807) is 0 Å². The average molecular weight is 202 g/mol. The molecular formula is C14H18O. The van der Waals surface area contributed by atoms with Gasteiger partial charge in [0.15, 0.2) is 0 Å². The van der Waals surface area contributed by atoms with E-state index in [0.717, 1.165) is 19.3 Å². The summed E-state index contributed by atoms with van der Waals surface area (Å²) in [5.41, 5.74) is 3.84. The van der Waals surface area contributed by atoms with E-state index < -0.39 is 0 Å². The highest BCUT2D eigenvalue weighted by Crippen LogP contribution is 2.33. The van der Waals surface area contributed by atoms with Gasteiger partial charge in [-0.25, -0.2) is 0 Å². The van der Waals surface area contributed by atoms with Crippen LogP contribution in [-0.2, 0) is 4.79 Å². The van der Waals surface area contributed by atoms with E-state index in [4.69, 9.17) is 0 Å². The lowest BCUT2D eigenvalue weighted by Gasteiger charge is -2.24. The highest BCUT2D eigenvalue weighted by atomic mass is 16.1. The largest absolute Gasteiger partial charge is 0.299 e. The van der Waals surface area contributed by atoms with E-state index in [1.165, 1.54) is 23.1 Å². The molecule has 0 bridgehead atoms. The first kappa shape index (κ1) is 10.4. The van der Waals surface area contributed by atoms with Gasteiger partial charge in [0.25, 0.3) is 0 Å². The van der Waals surface area contributed by atoms with Gasteiger partial charge in [0.1, 0.15) is 5.78 Å². The third kappa shape index (κ3) is 1.97. The van der Waals surface area contributed by atoms with Crippen molar-refractivity contribution in [2.45, 2.75) is 45.4 Å². The van der Waals surface area contributed by atoms with Crippen LogP contribution in [0.3, 0.4) is 0 Å². The van der Waals surface area contributed by atoms with Crippen molar-refractivity contribution in [3.8, 4) is 0 Å². The van der Waals surface area contributed by atoms with Gasteiger partial charge in [-0.1, -0.05) is 24.6 Å². The predicted octanol–water partition coefficient (Wildman–Crippen LogP) is 3.53. The smallest absolute Gasteiger partial charge is 0.140 e. The molecule has 1 nitrogen and oxygen atoms in total. The van der Waals surface area contributed by atoms with Gasteiger partial charge in [-0.2, -0.15) is 0 Å². The Hall–Kier alpha value is -1.11. The number of carbonyl (C=O) groups excluding carboxylic acids is 1. The third-order valence-electron chi connectivity index (χ3n) is 3.45. The van der Waals surface area contributed by atoms with E-state index in [2.05, 4.69) is 32.0 Å². The van der Waals surface area contributed by atoms with Crippen molar-refractivity contribution < 1.29 is 4.79 Å². The van der Waals surface area contributed by atoms with Crippen molar-refractivity contribution in [1.82, 2.24) is 0 Å². The van der Waals surface area contributed by atoms with Crippen LogP contribution < -0.4 is 0 Å². The van der Waals surface area contributed by atoms with Crippen LogP contribution in [0.25, 0.3) is 0 Å². The van der Waals surface area contributed by atoms with E-state index in [-0.39, 0.29) is 5.92 Å². The van der Waals surface area contributed by atoms with Crippen LogP contribution in [0.2, 0.25) is 0 Å². The molecule has 1 aromatic rings. The van der Waals surface area contributed by atoms with Crippen molar-refractivity contribution in [2.75, 3.05) is 0 Å². The SMILES string of the molecule is Cc1cccc(C)c1C1CCCCC1=O. The number of aryl methyl sites for hydroxylation is 2. The molecule has 1 atom stereocenters. The number of rotatable bonds is 1. The summed E-state index contributed by atoms with van der Waals surface area (Å²) in [7, 11) is 0. The molecule has 1 aromatic carbocycles. The second kappa shape index (κ2) is 4.18. The minimum atomic E-state index is 0.181. The summed E-state index contributed by atoms with van der Waals surface area (Å²) in [6, 6.07) is 6.30. The van der Waals surface area contributed by atoms with Crippen molar-refractivity contribution >= 4 is 5.78 Å². The van der Waals surface area contributed by atoms with Crippen molar-refractivity contribution in [3.05, 3.63) is 34.9 Å². The highest BCUT2D eigenvalue weighted by Gasteiger charge is 2.25. The topological polar surface area (TPSA) is 17.1 Å². The molecule has 0 aliphatic heterocycles. The van der Waals surface area contributed by atoms with Crippen LogP contribution in [0.5, 0.6) is 0 Å². The standard InChI is InChI=1S/C14H18O/c1-10-6-5-7-11(2)14(10)12-8-3-4-9-13(12)15/h5-7,12H,3-4,8-9H2,1-2H3. The molecule has 0 spiro atoms. The van der Waals surface area contributed by atoms with Crippen LogP contribution in [-0.4, -0.2) is 5.78 Å². The Labute approximate surface area is 91.5 Å². The number of carbonyl (C=O) groups is 1. The third-order valence-corrected chi connectivity index (χ3v) is 3.45. The molecule has 1 aliphatic rings. The molecule has 2 rings (SSSR count). The summed E-state index contributed by atoms with van der Waals surface area (Å²) >= 11 is 0. The lowest BCUT2D eigenvalue weighted by Crippen LogP contribution is -2.18. The molecule has 1 unspecified atom stereocenters. The van der Waals surface area contributed by atoms with Crippen LogP contribution in [0, 0.1) is 13.8 Å². The van der Waals surface area contributed by atoms with Crippen molar-refractivity contribution in [3.63, 3.8) is 0 Å². The fourth-order valence-corrected chi connectivity index (χ4v) is 2.67. The zero-order valence-electron chi connectivity index (χ0n) is 9.55. The van der Waals surface area contributed by atoms with Crippen LogP contribution >= 0.6 is 0 Å². The van der Waals surface area contributed by atoms with Crippen LogP contribution in [0.1, 0.15) is 48.3 Å². The monoisotopic (exact) mass is 202 g/mol. The minimum absolute atomic E-state index is 0.181.